The maximum Gasteiger partial charge on any atom is 0.272 e. The molecule has 1 radical (unpaired) electrons. The summed E-state index contributed by atoms with van der Waals surface area (Å²) in [5.74, 6) is -0.677. The fraction of sp³-hybridized carbons (Fsp3) is 0.118. The second-order valence-electron chi connectivity index (χ2n) is 5.17. The highest BCUT2D eigenvalue weighted by molar-refractivity contribution is 6.06. The van der Waals surface area contributed by atoms with Crippen LogP contribution >= 0.6 is 0 Å². The van der Waals surface area contributed by atoms with E-state index in [1.165, 1.54) is 0 Å². The fourth-order valence-electron chi connectivity index (χ4n) is 2.55. The number of H-pyrrole nitrogens is 1. The minimum Gasteiger partial charge on any atom is -0.366 e. The summed E-state index contributed by atoms with van der Waals surface area (Å²) in [6, 6.07) is 14.1. The molecule has 0 spiro atoms. The first-order valence-electron chi connectivity index (χ1n) is 6.83. The molecule has 5 heteroatoms. The number of benzene rings is 2. The van der Waals surface area contributed by atoms with Crippen LogP contribution in [0.5, 0.6) is 0 Å². The third-order valence-corrected chi connectivity index (χ3v) is 3.53. The smallest absolute Gasteiger partial charge is 0.272 e. The summed E-state index contributed by atoms with van der Waals surface area (Å²) in [7, 11) is 0. The fourth-order valence-corrected chi connectivity index (χ4v) is 2.55. The van der Waals surface area contributed by atoms with Gasteiger partial charge in [0.15, 0.2) is 0 Å². The molecule has 0 aliphatic carbocycles. The van der Waals surface area contributed by atoms with Crippen molar-refractivity contribution in [3.05, 3.63) is 75.2 Å². The molecule has 22 heavy (non-hydrogen) atoms. The van der Waals surface area contributed by atoms with Gasteiger partial charge in [-0.05, 0) is 18.6 Å². The summed E-state index contributed by atoms with van der Waals surface area (Å²) >= 11 is 0. The predicted molar refractivity (Wildman–Crippen MR) is 83.7 cm³/mol. The second-order valence-corrected chi connectivity index (χ2v) is 5.17. The number of aromatic amines is 1. The zero-order chi connectivity index (χ0) is 15.7. The van der Waals surface area contributed by atoms with Crippen LogP contribution in [-0.4, -0.2) is 16.1 Å². The molecule has 0 aliphatic heterocycles. The molecule has 0 unspecified atom stereocenters. The molecule has 0 aliphatic rings. The van der Waals surface area contributed by atoms with Crippen molar-refractivity contribution in [2.24, 2.45) is 5.73 Å². The minimum absolute atomic E-state index is 0.0895. The van der Waals surface area contributed by atoms with Gasteiger partial charge in [-0.15, -0.1) is 0 Å². The minimum atomic E-state index is -0.677. The number of nitrogens with one attached hydrogen (secondary N) is 1. The van der Waals surface area contributed by atoms with Crippen LogP contribution in [-0.2, 0) is 6.42 Å². The third-order valence-electron chi connectivity index (χ3n) is 3.53. The van der Waals surface area contributed by atoms with E-state index in [0.29, 0.717) is 17.5 Å². The first-order chi connectivity index (χ1) is 10.6. The van der Waals surface area contributed by atoms with Crippen LogP contribution in [0, 0.1) is 13.0 Å². The highest BCUT2D eigenvalue weighted by atomic mass is 16.1. The quantitative estimate of drug-likeness (QED) is 0.770. The van der Waals surface area contributed by atoms with Crippen LogP contribution in [0.15, 0.2) is 41.2 Å². The van der Waals surface area contributed by atoms with Crippen molar-refractivity contribution >= 4 is 16.7 Å². The number of carbonyl (C=O) groups excluding carboxylic acids is 1. The Labute approximate surface area is 126 Å². The number of hydrogen-bond acceptors (Lipinski definition) is 3. The van der Waals surface area contributed by atoms with E-state index in [1.54, 1.807) is 12.1 Å². The number of aromatic nitrogens is 2. The highest BCUT2D eigenvalue weighted by Crippen LogP contribution is 2.19. The van der Waals surface area contributed by atoms with Gasteiger partial charge in [-0.1, -0.05) is 42.0 Å². The van der Waals surface area contributed by atoms with Crippen molar-refractivity contribution in [3.8, 4) is 0 Å². The Morgan fingerprint density at radius 3 is 2.91 bits per heavy atom. The second kappa shape index (κ2) is 5.44. The molecule has 1 aromatic heterocycles. The third kappa shape index (κ3) is 2.48. The molecule has 0 saturated carbocycles. The van der Waals surface area contributed by atoms with Crippen LogP contribution in [0.4, 0.5) is 0 Å². The monoisotopic (exact) mass is 292 g/mol. The van der Waals surface area contributed by atoms with Crippen molar-refractivity contribution < 1.29 is 4.79 Å². The lowest BCUT2D eigenvalue weighted by Crippen LogP contribution is -2.19. The van der Waals surface area contributed by atoms with E-state index < -0.39 is 11.5 Å². The number of rotatable bonds is 3. The van der Waals surface area contributed by atoms with Gasteiger partial charge in [-0.2, -0.15) is 5.10 Å². The maximum absolute atomic E-state index is 12.0. The standard InChI is InChI=1S/C17H14N3O2/c1-10-4-2-5-11(8-10)9-14-12-6-3-7-13(16(18)21)15(12)17(22)20-19-14/h2-6,8H,9H2,1H3,(H2,18,21)(H,20,22). The number of nitrogens with two attached hydrogens (primary N) is 1. The highest BCUT2D eigenvalue weighted by Gasteiger charge is 2.14. The lowest BCUT2D eigenvalue weighted by Gasteiger charge is -2.07. The Balaban J connectivity index is 2.19. The van der Waals surface area contributed by atoms with Gasteiger partial charge in [0, 0.05) is 11.8 Å². The number of aryl methyl sites for hydroxylation is 1. The Morgan fingerprint density at radius 2 is 2.18 bits per heavy atom. The van der Waals surface area contributed by atoms with Gasteiger partial charge < -0.3 is 5.73 Å². The molecule has 0 fully saturated rings. The van der Waals surface area contributed by atoms with Crippen LogP contribution in [0.3, 0.4) is 0 Å². The average molecular weight is 292 g/mol. The van der Waals surface area contributed by atoms with E-state index in [9.17, 15) is 9.59 Å². The zero-order valence-electron chi connectivity index (χ0n) is 12.0. The molecular weight excluding hydrogens is 278 g/mol. The SMILES string of the molecule is Cc1cccc(Cc2n[nH]c(=O)c3c(C(N)=O)[c]ccc23)c1. The topological polar surface area (TPSA) is 88.8 Å². The summed E-state index contributed by atoms with van der Waals surface area (Å²) < 4.78 is 0. The van der Waals surface area contributed by atoms with Gasteiger partial charge >= 0.3 is 0 Å². The lowest BCUT2D eigenvalue weighted by molar-refractivity contribution is 0.100. The molecule has 3 N–H and O–H groups in total. The van der Waals surface area contributed by atoms with E-state index in [1.807, 2.05) is 25.1 Å². The van der Waals surface area contributed by atoms with Gasteiger partial charge in [-0.25, -0.2) is 5.10 Å². The van der Waals surface area contributed by atoms with Crippen LogP contribution in [0.1, 0.15) is 27.2 Å². The summed E-state index contributed by atoms with van der Waals surface area (Å²) in [5, 5.41) is 7.43. The van der Waals surface area contributed by atoms with Crippen molar-refractivity contribution in [2.45, 2.75) is 13.3 Å². The lowest BCUT2D eigenvalue weighted by atomic mass is 10.0. The van der Waals surface area contributed by atoms with Gasteiger partial charge in [0.05, 0.1) is 16.6 Å². The molecule has 1 amide bonds. The van der Waals surface area contributed by atoms with Crippen molar-refractivity contribution in [2.75, 3.05) is 0 Å². The number of amides is 1. The average Bonchev–Trinajstić information content (AvgIpc) is 2.49. The van der Waals surface area contributed by atoms with Crippen LogP contribution in [0.25, 0.3) is 10.8 Å². The van der Waals surface area contributed by atoms with E-state index in [-0.39, 0.29) is 10.9 Å². The molecule has 2 aromatic carbocycles. The molecule has 0 bridgehead atoms. The van der Waals surface area contributed by atoms with Gasteiger partial charge in [0.1, 0.15) is 0 Å². The number of carbonyl (C=O) groups is 1. The first kappa shape index (κ1) is 14.0. The van der Waals surface area contributed by atoms with Gasteiger partial charge in [0.2, 0.25) is 5.91 Å². The molecule has 0 saturated heterocycles. The van der Waals surface area contributed by atoms with Gasteiger partial charge in [-0.3, -0.25) is 9.59 Å². The van der Waals surface area contributed by atoms with Crippen molar-refractivity contribution in [1.82, 2.24) is 10.2 Å². The molecule has 5 nitrogen and oxygen atoms in total. The maximum atomic E-state index is 12.0. The van der Waals surface area contributed by atoms with E-state index >= 15 is 0 Å². The summed E-state index contributed by atoms with van der Waals surface area (Å²) in [6.45, 7) is 2.02. The normalized spacial score (nSPS) is 10.8. The van der Waals surface area contributed by atoms with E-state index in [4.69, 9.17) is 5.73 Å². The number of hydrogen-bond donors (Lipinski definition) is 2. The van der Waals surface area contributed by atoms with Crippen LogP contribution < -0.4 is 11.3 Å². The van der Waals surface area contributed by atoms with Crippen molar-refractivity contribution in [3.63, 3.8) is 0 Å². The molecule has 3 rings (SSSR count). The summed E-state index contributed by atoms with van der Waals surface area (Å²) in [6.07, 6.45) is 0.553. The molecule has 0 atom stereocenters. The predicted octanol–water partition coefficient (Wildman–Crippen LogP) is 1.72. The Bertz CT molecular complexity index is 929. The largest absolute Gasteiger partial charge is 0.366 e. The Morgan fingerprint density at radius 1 is 1.36 bits per heavy atom. The van der Waals surface area contributed by atoms with Crippen LogP contribution in [0.2, 0.25) is 0 Å². The van der Waals surface area contributed by atoms with E-state index in [2.05, 4.69) is 22.3 Å². The molecule has 1 heterocycles. The summed E-state index contributed by atoms with van der Waals surface area (Å²) in [5.41, 5.74) is 7.90. The molecule has 3 aromatic rings. The molecule has 109 valence electrons. The number of primary amides is 1. The zero-order valence-corrected chi connectivity index (χ0v) is 12.0. The molecular formula is C17H14N3O2. The first-order valence-corrected chi connectivity index (χ1v) is 6.83. The Kier molecular flexibility index (Phi) is 3.47. The van der Waals surface area contributed by atoms with E-state index in [0.717, 1.165) is 11.1 Å². The van der Waals surface area contributed by atoms with Crippen molar-refractivity contribution in [1.29, 1.82) is 0 Å². The van der Waals surface area contributed by atoms with Gasteiger partial charge in [0.25, 0.3) is 5.56 Å². The number of nitrogens with zero attached hydrogens (tertiary/aromatic N) is 1. The number of fused-ring (bicyclic) bond motifs is 1. The Hall–Kier alpha value is -2.95. The summed E-state index contributed by atoms with van der Waals surface area (Å²) in [4.78, 5) is 23.5.